The number of carbonyl (C=O) groups excluding carboxylic acids is 2. The standard InChI is InChI=1S/C22H24ClFN2O2/c1-15-3-4-17(16(2)13-15)5-8-21(27)25-9-11-26(12-10-25)22(28)19-7-6-18(24)14-20(19)23/h3-4,6-7,13-14H,5,8-12H2,1-2H3. The Morgan fingerprint density at radius 1 is 1.00 bits per heavy atom. The molecule has 0 atom stereocenters. The van der Waals surface area contributed by atoms with Gasteiger partial charge in [-0.1, -0.05) is 35.4 Å². The third-order valence-electron chi connectivity index (χ3n) is 5.19. The smallest absolute Gasteiger partial charge is 0.255 e. The maximum absolute atomic E-state index is 13.2. The van der Waals surface area contributed by atoms with Crippen LogP contribution in [0.25, 0.3) is 0 Å². The van der Waals surface area contributed by atoms with Gasteiger partial charge in [0.2, 0.25) is 5.91 Å². The molecule has 0 unspecified atom stereocenters. The van der Waals surface area contributed by atoms with Crippen LogP contribution in [0, 0.1) is 19.7 Å². The van der Waals surface area contributed by atoms with Crippen molar-refractivity contribution in [3.8, 4) is 0 Å². The summed E-state index contributed by atoms with van der Waals surface area (Å²) in [5.41, 5.74) is 3.91. The number of carbonyl (C=O) groups is 2. The molecule has 1 heterocycles. The molecule has 6 heteroatoms. The van der Waals surface area contributed by atoms with Gasteiger partial charge >= 0.3 is 0 Å². The topological polar surface area (TPSA) is 40.6 Å². The second kappa shape index (κ2) is 8.74. The van der Waals surface area contributed by atoms with Gasteiger partial charge in [0.1, 0.15) is 5.82 Å². The third kappa shape index (κ3) is 4.71. The molecule has 1 aliphatic rings. The predicted molar refractivity (Wildman–Crippen MR) is 108 cm³/mol. The fourth-order valence-corrected chi connectivity index (χ4v) is 3.77. The first-order chi connectivity index (χ1) is 13.3. The van der Waals surface area contributed by atoms with Gasteiger partial charge in [-0.3, -0.25) is 9.59 Å². The molecule has 2 aromatic carbocycles. The number of piperazine rings is 1. The van der Waals surface area contributed by atoms with E-state index in [0.717, 1.165) is 12.5 Å². The molecule has 0 saturated carbocycles. The number of aryl methyl sites for hydroxylation is 3. The number of hydrogen-bond acceptors (Lipinski definition) is 2. The van der Waals surface area contributed by atoms with Crippen LogP contribution in [0.1, 0.15) is 33.5 Å². The predicted octanol–water partition coefficient (Wildman–Crippen LogP) is 4.01. The van der Waals surface area contributed by atoms with Crippen molar-refractivity contribution in [2.75, 3.05) is 26.2 Å². The van der Waals surface area contributed by atoms with Gasteiger partial charge in [-0.2, -0.15) is 0 Å². The molecule has 148 valence electrons. The Balaban J connectivity index is 1.53. The quantitative estimate of drug-likeness (QED) is 0.775. The largest absolute Gasteiger partial charge is 0.339 e. The van der Waals surface area contributed by atoms with E-state index in [1.54, 1.807) is 9.80 Å². The molecule has 1 fully saturated rings. The van der Waals surface area contributed by atoms with E-state index in [4.69, 9.17) is 11.6 Å². The van der Waals surface area contributed by atoms with Gasteiger partial charge in [-0.15, -0.1) is 0 Å². The van der Waals surface area contributed by atoms with Gasteiger partial charge in [-0.05, 0) is 49.6 Å². The van der Waals surface area contributed by atoms with Gasteiger partial charge in [-0.25, -0.2) is 4.39 Å². The Kier molecular flexibility index (Phi) is 6.35. The third-order valence-corrected chi connectivity index (χ3v) is 5.50. The van der Waals surface area contributed by atoms with Gasteiger partial charge in [0.05, 0.1) is 10.6 Å². The van der Waals surface area contributed by atoms with Crippen molar-refractivity contribution in [1.29, 1.82) is 0 Å². The van der Waals surface area contributed by atoms with E-state index in [0.29, 0.717) is 32.6 Å². The van der Waals surface area contributed by atoms with Crippen LogP contribution in [-0.4, -0.2) is 47.8 Å². The van der Waals surface area contributed by atoms with Gasteiger partial charge in [0, 0.05) is 32.6 Å². The first-order valence-electron chi connectivity index (χ1n) is 9.43. The number of amides is 2. The van der Waals surface area contributed by atoms with Crippen LogP contribution in [0.15, 0.2) is 36.4 Å². The molecule has 0 bridgehead atoms. The zero-order valence-corrected chi connectivity index (χ0v) is 16.9. The molecule has 1 saturated heterocycles. The van der Waals surface area contributed by atoms with Crippen LogP contribution in [0.5, 0.6) is 0 Å². The summed E-state index contributed by atoms with van der Waals surface area (Å²) in [5.74, 6) is -0.597. The lowest BCUT2D eigenvalue weighted by molar-refractivity contribution is -0.132. The molecule has 0 aromatic heterocycles. The first kappa shape index (κ1) is 20.3. The number of nitrogens with zero attached hydrogens (tertiary/aromatic N) is 2. The minimum atomic E-state index is -0.472. The summed E-state index contributed by atoms with van der Waals surface area (Å²) in [4.78, 5) is 28.6. The molecule has 3 rings (SSSR count). The maximum atomic E-state index is 13.2. The van der Waals surface area contributed by atoms with Crippen LogP contribution in [0.4, 0.5) is 4.39 Å². The van der Waals surface area contributed by atoms with Crippen molar-refractivity contribution in [3.63, 3.8) is 0 Å². The highest BCUT2D eigenvalue weighted by atomic mass is 35.5. The van der Waals surface area contributed by atoms with Crippen LogP contribution < -0.4 is 0 Å². The summed E-state index contributed by atoms with van der Waals surface area (Å²) >= 11 is 5.99. The van der Waals surface area contributed by atoms with Crippen molar-refractivity contribution in [3.05, 3.63) is 69.5 Å². The highest BCUT2D eigenvalue weighted by molar-refractivity contribution is 6.33. The summed E-state index contributed by atoms with van der Waals surface area (Å²) in [7, 11) is 0. The number of benzene rings is 2. The average molecular weight is 403 g/mol. The van der Waals surface area contributed by atoms with Gasteiger partial charge in [0.15, 0.2) is 0 Å². The second-order valence-corrected chi connectivity index (χ2v) is 7.63. The molecule has 0 aliphatic carbocycles. The number of hydrogen-bond donors (Lipinski definition) is 0. The van der Waals surface area contributed by atoms with E-state index in [2.05, 4.69) is 32.0 Å². The Labute approximate surface area is 169 Å². The Hall–Kier alpha value is -2.40. The van der Waals surface area contributed by atoms with Gasteiger partial charge < -0.3 is 9.80 Å². The lowest BCUT2D eigenvalue weighted by atomic mass is 10.0. The molecule has 1 aliphatic heterocycles. The van der Waals surface area contributed by atoms with Crippen LogP contribution in [-0.2, 0) is 11.2 Å². The van der Waals surface area contributed by atoms with Crippen LogP contribution in [0.2, 0.25) is 5.02 Å². The van der Waals surface area contributed by atoms with E-state index in [9.17, 15) is 14.0 Å². The summed E-state index contributed by atoms with van der Waals surface area (Å²) in [6.07, 6.45) is 1.18. The second-order valence-electron chi connectivity index (χ2n) is 7.23. The average Bonchev–Trinajstić information content (AvgIpc) is 2.67. The molecular weight excluding hydrogens is 379 g/mol. The molecular formula is C22H24ClFN2O2. The number of halogens is 2. The van der Waals surface area contributed by atoms with E-state index in [-0.39, 0.29) is 22.4 Å². The minimum absolute atomic E-state index is 0.104. The molecule has 4 nitrogen and oxygen atoms in total. The first-order valence-corrected chi connectivity index (χ1v) is 9.81. The highest BCUT2D eigenvalue weighted by Gasteiger charge is 2.25. The van der Waals surface area contributed by atoms with Crippen LogP contribution in [0.3, 0.4) is 0 Å². The molecule has 0 spiro atoms. The molecule has 2 aromatic rings. The van der Waals surface area contributed by atoms with E-state index < -0.39 is 5.82 Å². The van der Waals surface area contributed by atoms with Crippen molar-refractivity contribution in [2.45, 2.75) is 26.7 Å². The summed E-state index contributed by atoms with van der Waals surface area (Å²) < 4.78 is 13.2. The highest BCUT2D eigenvalue weighted by Crippen LogP contribution is 2.20. The van der Waals surface area contributed by atoms with E-state index >= 15 is 0 Å². The SMILES string of the molecule is Cc1ccc(CCC(=O)N2CCN(C(=O)c3ccc(F)cc3Cl)CC2)c(C)c1. The Bertz CT molecular complexity index is 892. The fraction of sp³-hybridized carbons (Fsp3) is 0.364. The van der Waals surface area contributed by atoms with Crippen molar-refractivity contribution in [2.24, 2.45) is 0 Å². The van der Waals surface area contributed by atoms with Crippen molar-refractivity contribution < 1.29 is 14.0 Å². The number of rotatable bonds is 4. The lowest BCUT2D eigenvalue weighted by Crippen LogP contribution is -2.50. The molecule has 2 amide bonds. The molecule has 28 heavy (non-hydrogen) atoms. The minimum Gasteiger partial charge on any atom is -0.339 e. The van der Waals surface area contributed by atoms with Crippen LogP contribution >= 0.6 is 11.6 Å². The Morgan fingerprint density at radius 3 is 2.32 bits per heavy atom. The molecule has 0 N–H and O–H groups in total. The van der Waals surface area contributed by atoms with E-state index in [1.807, 2.05) is 0 Å². The van der Waals surface area contributed by atoms with Crippen molar-refractivity contribution in [1.82, 2.24) is 9.80 Å². The summed E-state index contributed by atoms with van der Waals surface area (Å²) in [6.45, 7) is 6.01. The summed E-state index contributed by atoms with van der Waals surface area (Å²) in [5, 5.41) is 0.108. The van der Waals surface area contributed by atoms with Gasteiger partial charge in [0.25, 0.3) is 5.91 Å². The molecule has 0 radical (unpaired) electrons. The fourth-order valence-electron chi connectivity index (χ4n) is 3.52. The monoisotopic (exact) mass is 402 g/mol. The maximum Gasteiger partial charge on any atom is 0.255 e. The Morgan fingerprint density at radius 2 is 1.68 bits per heavy atom. The van der Waals surface area contributed by atoms with Crippen molar-refractivity contribution >= 4 is 23.4 Å². The lowest BCUT2D eigenvalue weighted by Gasteiger charge is -2.35. The zero-order valence-electron chi connectivity index (χ0n) is 16.2. The van der Waals surface area contributed by atoms with E-state index in [1.165, 1.54) is 28.8 Å². The zero-order chi connectivity index (χ0) is 20.3. The summed E-state index contributed by atoms with van der Waals surface area (Å²) in [6, 6.07) is 10.1. The normalized spacial score (nSPS) is 14.3.